The molecule has 2 aliphatic rings. The normalized spacial score (nSPS) is 20.6. The maximum absolute atomic E-state index is 13.2. The Kier molecular flexibility index (Phi) is 5.99. The third-order valence-electron chi connectivity index (χ3n) is 5.64. The zero-order valence-electron chi connectivity index (χ0n) is 18.8. The van der Waals surface area contributed by atoms with Gasteiger partial charge in [-0.25, -0.2) is 0 Å². The van der Waals surface area contributed by atoms with Gasteiger partial charge in [0.05, 0.1) is 17.5 Å². The van der Waals surface area contributed by atoms with Crippen LogP contribution in [0.1, 0.15) is 20.8 Å². The van der Waals surface area contributed by atoms with Crippen molar-refractivity contribution in [1.82, 2.24) is 19.7 Å². The molecule has 0 N–H and O–H groups in total. The molecule has 3 heterocycles. The van der Waals surface area contributed by atoms with Crippen molar-refractivity contribution in [2.24, 2.45) is 0 Å². The first-order valence-corrected chi connectivity index (χ1v) is 11.9. The quantitative estimate of drug-likeness (QED) is 0.530. The van der Waals surface area contributed by atoms with Crippen LogP contribution in [0.5, 0.6) is 11.5 Å². The molecule has 33 heavy (non-hydrogen) atoms. The van der Waals surface area contributed by atoms with Gasteiger partial charge >= 0.3 is 0 Å². The Balaban J connectivity index is 1.46. The SMILES string of the molecule is C[C@@H]1CN(C(=O)[C@H](C)Sc2nnc(-c3ccc4c(c3)OCO4)n2-c2ccccc2)C[C@@H](C)O1. The molecule has 2 aromatic carbocycles. The van der Waals surface area contributed by atoms with Crippen LogP contribution in [0.3, 0.4) is 0 Å². The summed E-state index contributed by atoms with van der Waals surface area (Å²) >= 11 is 1.41. The number of hydrogen-bond acceptors (Lipinski definition) is 7. The molecule has 8 nitrogen and oxygen atoms in total. The summed E-state index contributed by atoms with van der Waals surface area (Å²) < 4.78 is 18.8. The van der Waals surface area contributed by atoms with Gasteiger partial charge in [0.2, 0.25) is 12.7 Å². The molecule has 0 bridgehead atoms. The number of carbonyl (C=O) groups is 1. The smallest absolute Gasteiger partial charge is 0.236 e. The summed E-state index contributed by atoms with van der Waals surface area (Å²) in [5.74, 6) is 2.15. The van der Waals surface area contributed by atoms with E-state index < -0.39 is 0 Å². The topological polar surface area (TPSA) is 78.7 Å². The molecule has 1 fully saturated rings. The van der Waals surface area contributed by atoms with Crippen LogP contribution in [0.25, 0.3) is 17.1 Å². The lowest BCUT2D eigenvalue weighted by molar-refractivity contribution is -0.142. The summed E-state index contributed by atoms with van der Waals surface area (Å²) in [5, 5.41) is 9.29. The summed E-state index contributed by atoms with van der Waals surface area (Å²) in [5.41, 5.74) is 1.78. The first-order chi connectivity index (χ1) is 16.0. The van der Waals surface area contributed by atoms with Crippen LogP contribution in [0.4, 0.5) is 0 Å². The second kappa shape index (κ2) is 9.07. The lowest BCUT2D eigenvalue weighted by atomic mass is 10.2. The van der Waals surface area contributed by atoms with E-state index in [4.69, 9.17) is 14.2 Å². The molecule has 0 saturated carbocycles. The number of ether oxygens (including phenoxy) is 3. The first kappa shape index (κ1) is 21.8. The summed E-state index contributed by atoms with van der Waals surface area (Å²) in [6, 6.07) is 15.6. The van der Waals surface area contributed by atoms with Gasteiger partial charge in [0.25, 0.3) is 0 Å². The van der Waals surface area contributed by atoms with Gasteiger partial charge in [-0.2, -0.15) is 0 Å². The van der Waals surface area contributed by atoms with Crippen molar-refractivity contribution in [2.45, 2.75) is 43.4 Å². The highest BCUT2D eigenvalue weighted by molar-refractivity contribution is 8.00. The standard InChI is InChI=1S/C24H26N4O4S/c1-15-12-27(13-16(2)32-15)23(29)17(3)33-24-26-25-22(28(24)19-7-5-4-6-8-19)18-9-10-20-21(11-18)31-14-30-20/h4-11,15-17H,12-14H2,1-3H3/t15-,16-,17+/m1/s1. The van der Waals surface area contributed by atoms with E-state index in [1.807, 2.05) is 78.8 Å². The van der Waals surface area contributed by atoms with Crippen molar-refractivity contribution < 1.29 is 19.0 Å². The van der Waals surface area contributed by atoms with Gasteiger partial charge in [-0.05, 0) is 51.1 Å². The molecule has 3 atom stereocenters. The van der Waals surface area contributed by atoms with E-state index in [2.05, 4.69) is 10.2 Å². The fourth-order valence-corrected chi connectivity index (χ4v) is 5.15. The van der Waals surface area contributed by atoms with Gasteiger partial charge in [0.15, 0.2) is 22.5 Å². The molecule has 0 unspecified atom stereocenters. The molecule has 1 aromatic heterocycles. The second-order valence-corrected chi connectivity index (χ2v) is 9.61. The van der Waals surface area contributed by atoms with Crippen molar-refractivity contribution in [3.8, 4) is 28.6 Å². The fourth-order valence-electron chi connectivity index (χ4n) is 4.20. The highest BCUT2D eigenvalue weighted by atomic mass is 32.2. The number of para-hydroxylation sites is 1. The minimum atomic E-state index is -0.321. The average Bonchev–Trinajstić information content (AvgIpc) is 3.44. The van der Waals surface area contributed by atoms with Crippen molar-refractivity contribution in [1.29, 1.82) is 0 Å². The van der Waals surface area contributed by atoms with Crippen LogP contribution in [0.15, 0.2) is 53.7 Å². The van der Waals surface area contributed by atoms with E-state index >= 15 is 0 Å². The number of fused-ring (bicyclic) bond motifs is 1. The molecule has 1 amide bonds. The maximum atomic E-state index is 13.2. The van der Waals surface area contributed by atoms with Crippen molar-refractivity contribution in [3.63, 3.8) is 0 Å². The predicted octanol–water partition coefficient (Wildman–Crippen LogP) is 3.78. The Morgan fingerprint density at radius 1 is 1.03 bits per heavy atom. The number of aromatic nitrogens is 3. The predicted molar refractivity (Wildman–Crippen MR) is 125 cm³/mol. The number of nitrogens with zero attached hydrogens (tertiary/aromatic N) is 4. The zero-order valence-corrected chi connectivity index (χ0v) is 19.6. The Hall–Kier alpha value is -3.04. The van der Waals surface area contributed by atoms with Crippen LogP contribution in [0.2, 0.25) is 0 Å². The lowest BCUT2D eigenvalue weighted by Gasteiger charge is -2.36. The Morgan fingerprint density at radius 2 is 1.76 bits per heavy atom. The van der Waals surface area contributed by atoms with Crippen molar-refractivity contribution >= 4 is 17.7 Å². The van der Waals surface area contributed by atoms with Gasteiger partial charge in [-0.15, -0.1) is 10.2 Å². The van der Waals surface area contributed by atoms with Crippen LogP contribution in [0, 0.1) is 0 Å². The molecule has 2 aliphatic heterocycles. The molecule has 9 heteroatoms. The molecule has 0 radical (unpaired) electrons. The average molecular weight is 467 g/mol. The van der Waals surface area contributed by atoms with Gasteiger partial charge in [-0.1, -0.05) is 30.0 Å². The molecular formula is C24H26N4O4S. The number of thioether (sulfide) groups is 1. The minimum absolute atomic E-state index is 0.0282. The Bertz CT molecular complexity index is 1140. The van der Waals surface area contributed by atoms with Crippen molar-refractivity contribution in [2.75, 3.05) is 19.9 Å². The molecule has 1 saturated heterocycles. The highest BCUT2D eigenvalue weighted by Gasteiger charge is 2.30. The Labute approximate surface area is 196 Å². The largest absolute Gasteiger partial charge is 0.454 e. The monoisotopic (exact) mass is 466 g/mol. The van der Waals surface area contributed by atoms with Gasteiger partial charge in [0.1, 0.15) is 0 Å². The first-order valence-electron chi connectivity index (χ1n) is 11.0. The van der Waals surface area contributed by atoms with Gasteiger partial charge in [-0.3, -0.25) is 9.36 Å². The number of morpholine rings is 1. The van der Waals surface area contributed by atoms with Crippen molar-refractivity contribution in [3.05, 3.63) is 48.5 Å². The maximum Gasteiger partial charge on any atom is 0.236 e. The molecular weight excluding hydrogens is 440 g/mol. The van der Waals surface area contributed by atoms with Gasteiger partial charge < -0.3 is 19.1 Å². The molecule has 5 rings (SSSR count). The number of benzene rings is 2. The van der Waals surface area contributed by atoms with E-state index in [0.29, 0.717) is 35.6 Å². The highest BCUT2D eigenvalue weighted by Crippen LogP contribution is 2.37. The van der Waals surface area contributed by atoms with E-state index in [9.17, 15) is 4.79 Å². The van der Waals surface area contributed by atoms with E-state index in [1.165, 1.54) is 11.8 Å². The zero-order chi connectivity index (χ0) is 22.9. The molecule has 172 valence electrons. The fraction of sp³-hybridized carbons (Fsp3) is 0.375. The van der Waals surface area contributed by atoms with E-state index in [-0.39, 0.29) is 30.2 Å². The summed E-state index contributed by atoms with van der Waals surface area (Å²) in [6.45, 7) is 7.32. The molecule has 0 aliphatic carbocycles. The third-order valence-corrected chi connectivity index (χ3v) is 6.67. The number of rotatable bonds is 5. The number of hydrogen-bond donors (Lipinski definition) is 0. The van der Waals surface area contributed by atoms with Gasteiger partial charge in [0, 0.05) is 24.3 Å². The second-order valence-electron chi connectivity index (χ2n) is 8.31. The Morgan fingerprint density at radius 3 is 2.52 bits per heavy atom. The van der Waals surface area contributed by atoms with Crippen LogP contribution in [-0.4, -0.2) is 62.9 Å². The van der Waals surface area contributed by atoms with Crippen LogP contribution < -0.4 is 9.47 Å². The number of carbonyl (C=O) groups excluding carboxylic acids is 1. The van der Waals surface area contributed by atoms with E-state index in [1.54, 1.807) is 0 Å². The molecule has 0 spiro atoms. The van der Waals surface area contributed by atoms with Crippen LogP contribution in [-0.2, 0) is 9.53 Å². The number of amides is 1. The molecule has 3 aromatic rings. The minimum Gasteiger partial charge on any atom is -0.454 e. The lowest BCUT2D eigenvalue weighted by Crippen LogP contribution is -2.50. The summed E-state index contributed by atoms with van der Waals surface area (Å²) in [7, 11) is 0. The summed E-state index contributed by atoms with van der Waals surface area (Å²) in [4.78, 5) is 15.1. The van der Waals surface area contributed by atoms with Crippen LogP contribution >= 0.6 is 11.8 Å². The van der Waals surface area contributed by atoms with E-state index in [0.717, 1.165) is 11.3 Å². The summed E-state index contributed by atoms with van der Waals surface area (Å²) in [6.07, 6.45) is 0.0564. The third kappa shape index (κ3) is 4.43.